The number of H-pyrrole nitrogens is 1. The van der Waals surface area contributed by atoms with Crippen LogP contribution in [-0.2, 0) is 4.74 Å². The highest BCUT2D eigenvalue weighted by molar-refractivity contribution is 5.68. The Hall–Kier alpha value is -2.64. The van der Waals surface area contributed by atoms with E-state index >= 15 is 0 Å². The van der Waals surface area contributed by atoms with Gasteiger partial charge < -0.3 is 15.4 Å². The molecule has 1 fully saturated rings. The average molecular weight is 344 g/mol. The number of aromatic amines is 1. The number of aromatic nitrogens is 4. The summed E-state index contributed by atoms with van der Waals surface area (Å²) in [5.41, 5.74) is 8.07. The molecule has 8 nitrogen and oxygen atoms in total. The van der Waals surface area contributed by atoms with Gasteiger partial charge in [0.15, 0.2) is 0 Å². The molecule has 0 radical (unpaired) electrons. The molecule has 0 bridgehead atoms. The molecule has 3 rings (SSSR count). The summed E-state index contributed by atoms with van der Waals surface area (Å²) in [5, 5.41) is 15.0. The molecule has 134 valence electrons. The molecular formula is C17H24N6O2. The Morgan fingerprint density at radius 1 is 1.32 bits per heavy atom. The Labute approximate surface area is 146 Å². The number of carbonyl (C=O) groups is 1. The fourth-order valence-electron chi connectivity index (χ4n) is 2.97. The monoisotopic (exact) mass is 344 g/mol. The molecular weight excluding hydrogens is 320 g/mol. The van der Waals surface area contributed by atoms with Gasteiger partial charge in [0.05, 0.1) is 5.69 Å². The first kappa shape index (κ1) is 17.2. The van der Waals surface area contributed by atoms with E-state index in [4.69, 9.17) is 10.5 Å². The summed E-state index contributed by atoms with van der Waals surface area (Å²) >= 11 is 0. The molecule has 1 aliphatic heterocycles. The smallest absolute Gasteiger partial charge is 0.410 e. The lowest BCUT2D eigenvalue weighted by Gasteiger charge is -2.33. The summed E-state index contributed by atoms with van der Waals surface area (Å²) in [6.45, 7) is 6.90. The number of hydrogen-bond acceptors (Lipinski definition) is 6. The van der Waals surface area contributed by atoms with E-state index in [1.54, 1.807) is 11.1 Å². The van der Waals surface area contributed by atoms with Crippen LogP contribution in [0.15, 0.2) is 18.3 Å². The Morgan fingerprint density at radius 3 is 2.64 bits per heavy atom. The zero-order chi connectivity index (χ0) is 18.0. The second-order valence-electron chi connectivity index (χ2n) is 7.28. The molecule has 0 saturated carbocycles. The number of anilines is 1. The third-order valence-electron chi connectivity index (χ3n) is 4.22. The van der Waals surface area contributed by atoms with Crippen LogP contribution >= 0.6 is 0 Å². The van der Waals surface area contributed by atoms with Crippen LogP contribution in [0.5, 0.6) is 0 Å². The fourth-order valence-corrected chi connectivity index (χ4v) is 2.97. The summed E-state index contributed by atoms with van der Waals surface area (Å²) in [5.74, 6) is 0.690. The minimum atomic E-state index is -0.480. The highest BCUT2D eigenvalue weighted by Gasteiger charge is 2.28. The number of rotatable bonds is 2. The van der Waals surface area contributed by atoms with Gasteiger partial charge in [0.25, 0.3) is 0 Å². The average Bonchev–Trinajstić information content (AvgIpc) is 3.08. The van der Waals surface area contributed by atoms with Crippen LogP contribution in [-0.4, -0.2) is 50.1 Å². The topological polar surface area (TPSA) is 110 Å². The van der Waals surface area contributed by atoms with Crippen molar-refractivity contribution in [1.82, 2.24) is 25.3 Å². The van der Waals surface area contributed by atoms with E-state index in [9.17, 15) is 4.79 Å². The third-order valence-corrected chi connectivity index (χ3v) is 4.22. The van der Waals surface area contributed by atoms with E-state index in [1.165, 1.54) is 0 Å². The zero-order valence-electron chi connectivity index (χ0n) is 14.8. The van der Waals surface area contributed by atoms with Crippen LogP contribution < -0.4 is 5.73 Å². The molecule has 2 aromatic heterocycles. The van der Waals surface area contributed by atoms with E-state index in [0.29, 0.717) is 18.9 Å². The first-order chi connectivity index (χ1) is 11.8. The van der Waals surface area contributed by atoms with Crippen LogP contribution in [0.2, 0.25) is 0 Å². The van der Waals surface area contributed by atoms with Crippen LogP contribution in [0.4, 0.5) is 10.6 Å². The lowest BCUT2D eigenvalue weighted by molar-refractivity contribution is 0.0205. The molecule has 1 aliphatic rings. The van der Waals surface area contributed by atoms with Gasteiger partial charge in [-0.1, -0.05) is 0 Å². The Bertz CT molecular complexity index is 730. The van der Waals surface area contributed by atoms with Gasteiger partial charge in [-0.05, 0) is 51.7 Å². The number of piperidine rings is 1. The summed E-state index contributed by atoms with van der Waals surface area (Å²) in [6, 6.07) is 3.80. The van der Waals surface area contributed by atoms with Gasteiger partial charge in [0, 0.05) is 24.8 Å². The molecule has 0 unspecified atom stereocenters. The van der Waals surface area contributed by atoms with Gasteiger partial charge >= 0.3 is 6.09 Å². The van der Waals surface area contributed by atoms with Crippen molar-refractivity contribution >= 4 is 11.9 Å². The molecule has 3 N–H and O–H groups in total. The number of nitrogen functional groups attached to an aromatic ring is 1. The number of hydrogen-bond donors (Lipinski definition) is 2. The molecule has 8 heteroatoms. The van der Waals surface area contributed by atoms with Gasteiger partial charge in [0.2, 0.25) is 0 Å². The number of nitrogens with one attached hydrogen (secondary N) is 1. The minimum absolute atomic E-state index is 0.246. The minimum Gasteiger partial charge on any atom is -0.444 e. The lowest BCUT2D eigenvalue weighted by Crippen LogP contribution is -2.41. The van der Waals surface area contributed by atoms with Gasteiger partial charge in [-0.3, -0.25) is 5.10 Å². The quantitative estimate of drug-likeness (QED) is 0.866. The first-order valence-electron chi connectivity index (χ1n) is 8.44. The van der Waals surface area contributed by atoms with Crippen molar-refractivity contribution in [3.8, 4) is 11.4 Å². The second kappa shape index (κ2) is 6.70. The molecule has 1 amide bonds. The Kier molecular flexibility index (Phi) is 4.61. The SMILES string of the molecule is CC(C)(C)OC(=O)N1CCC(c2cc(-c3ccn[nH]3)nnc2N)CC1. The molecule has 3 heterocycles. The fraction of sp³-hybridized carbons (Fsp3) is 0.529. The number of carbonyl (C=O) groups excluding carboxylic acids is 1. The maximum absolute atomic E-state index is 12.2. The van der Waals surface area contributed by atoms with Crippen molar-refractivity contribution < 1.29 is 9.53 Å². The van der Waals surface area contributed by atoms with E-state index in [0.717, 1.165) is 29.8 Å². The molecule has 1 saturated heterocycles. The number of amides is 1. The number of nitrogens with two attached hydrogens (primary N) is 1. The summed E-state index contributed by atoms with van der Waals surface area (Å²) in [4.78, 5) is 13.9. The van der Waals surface area contributed by atoms with Gasteiger partial charge in [-0.2, -0.15) is 5.10 Å². The van der Waals surface area contributed by atoms with Crippen LogP contribution in [0, 0.1) is 0 Å². The van der Waals surface area contributed by atoms with Crippen LogP contribution in [0.3, 0.4) is 0 Å². The molecule has 0 aliphatic carbocycles. The van der Waals surface area contributed by atoms with Gasteiger partial charge in [-0.25, -0.2) is 4.79 Å². The van der Waals surface area contributed by atoms with Gasteiger partial charge in [0.1, 0.15) is 17.1 Å². The third kappa shape index (κ3) is 4.07. The van der Waals surface area contributed by atoms with Gasteiger partial charge in [-0.15, -0.1) is 10.2 Å². The molecule has 0 atom stereocenters. The highest BCUT2D eigenvalue weighted by Crippen LogP contribution is 2.32. The largest absolute Gasteiger partial charge is 0.444 e. The maximum atomic E-state index is 12.2. The molecule has 25 heavy (non-hydrogen) atoms. The molecule has 2 aromatic rings. The number of nitrogens with zero attached hydrogens (tertiary/aromatic N) is 4. The standard InChI is InChI=1S/C17H24N6O2/c1-17(2,3)25-16(24)23-8-5-11(6-9-23)12-10-14(21-22-15(12)18)13-4-7-19-20-13/h4,7,10-11H,5-6,8-9H2,1-3H3,(H2,18,22)(H,19,20). The van der Waals surface area contributed by atoms with Crippen molar-refractivity contribution in [2.75, 3.05) is 18.8 Å². The van der Waals surface area contributed by atoms with Crippen molar-refractivity contribution in [3.05, 3.63) is 23.9 Å². The van der Waals surface area contributed by atoms with Crippen molar-refractivity contribution in [1.29, 1.82) is 0 Å². The predicted octanol–water partition coefficient (Wildman–Crippen LogP) is 2.56. The van der Waals surface area contributed by atoms with E-state index < -0.39 is 5.60 Å². The van der Waals surface area contributed by atoms with Crippen molar-refractivity contribution in [2.45, 2.75) is 45.1 Å². The number of ether oxygens (including phenoxy) is 1. The summed E-state index contributed by atoms with van der Waals surface area (Å²) < 4.78 is 5.44. The van der Waals surface area contributed by atoms with E-state index in [-0.39, 0.29) is 12.0 Å². The van der Waals surface area contributed by atoms with E-state index in [2.05, 4.69) is 20.4 Å². The predicted molar refractivity (Wildman–Crippen MR) is 93.8 cm³/mol. The second-order valence-corrected chi connectivity index (χ2v) is 7.28. The maximum Gasteiger partial charge on any atom is 0.410 e. The first-order valence-corrected chi connectivity index (χ1v) is 8.44. The van der Waals surface area contributed by atoms with Crippen LogP contribution in [0.25, 0.3) is 11.4 Å². The summed E-state index contributed by atoms with van der Waals surface area (Å²) in [6.07, 6.45) is 3.05. The zero-order valence-corrected chi connectivity index (χ0v) is 14.8. The van der Waals surface area contributed by atoms with Crippen LogP contribution in [0.1, 0.15) is 45.1 Å². The molecule has 0 spiro atoms. The van der Waals surface area contributed by atoms with Crippen molar-refractivity contribution in [2.24, 2.45) is 0 Å². The highest BCUT2D eigenvalue weighted by atomic mass is 16.6. The Balaban J connectivity index is 1.69. The molecule has 0 aromatic carbocycles. The number of likely N-dealkylation sites (tertiary alicyclic amines) is 1. The Morgan fingerprint density at radius 2 is 2.04 bits per heavy atom. The van der Waals surface area contributed by atoms with Crippen molar-refractivity contribution in [3.63, 3.8) is 0 Å². The lowest BCUT2D eigenvalue weighted by atomic mass is 9.89. The normalized spacial score (nSPS) is 16.0. The van der Waals surface area contributed by atoms with E-state index in [1.807, 2.05) is 32.9 Å². The summed E-state index contributed by atoms with van der Waals surface area (Å²) in [7, 11) is 0.